The highest BCUT2D eigenvalue weighted by Crippen LogP contribution is 2.35. The molecule has 2 rings (SSSR count). The zero-order chi connectivity index (χ0) is 14.0. The minimum Gasteiger partial charge on any atom is -0.395 e. The second-order valence-corrected chi connectivity index (χ2v) is 6.70. The first-order chi connectivity index (χ1) is 9.02. The molecule has 0 radical (unpaired) electrons. The van der Waals surface area contributed by atoms with E-state index in [1.54, 1.807) is 7.05 Å². The number of likely N-dealkylation sites (N-methyl/N-ethyl adjacent to an activating group) is 1. The van der Waals surface area contributed by atoms with Crippen LogP contribution in [0.2, 0.25) is 4.34 Å². The standard InChI is InChI=1S/C12H13ClN2O2S2/c1-7-10(12(17)15(2)5-6-16)19-11(14-7)8-3-4-9(13)18-8/h3-4,16H,5-6H2,1-2H3. The van der Waals surface area contributed by atoms with Crippen molar-refractivity contribution in [1.29, 1.82) is 0 Å². The fourth-order valence-electron chi connectivity index (χ4n) is 1.55. The third-order valence-electron chi connectivity index (χ3n) is 2.56. The summed E-state index contributed by atoms with van der Waals surface area (Å²) < 4.78 is 0.702. The predicted octanol–water partition coefficient (Wildman–Crippen LogP) is 2.90. The highest BCUT2D eigenvalue weighted by atomic mass is 35.5. The monoisotopic (exact) mass is 316 g/mol. The Morgan fingerprint density at radius 3 is 2.79 bits per heavy atom. The number of hydrogen-bond acceptors (Lipinski definition) is 5. The van der Waals surface area contributed by atoms with Crippen LogP contribution >= 0.6 is 34.3 Å². The summed E-state index contributed by atoms with van der Waals surface area (Å²) in [5.41, 5.74) is 0.708. The molecule has 2 aromatic rings. The fourth-order valence-corrected chi connectivity index (χ4v) is 3.71. The molecule has 102 valence electrons. The SMILES string of the molecule is Cc1nc(-c2ccc(Cl)s2)sc1C(=O)N(C)CCO. The Morgan fingerprint density at radius 2 is 2.21 bits per heavy atom. The Bertz CT molecular complexity index is 594. The van der Waals surface area contributed by atoms with Gasteiger partial charge in [0.05, 0.1) is 21.5 Å². The van der Waals surface area contributed by atoms with Gasteiger partial charge in [0.25, 0.3) is 5.91 Å². The molecule has 0 saturated heterocycles. The van der Waals surface area contributed by atoms with E-state index >= 15 is 0 Å². The van der Waals surface area contributed by atoms with Gasteiger partial charge >= 0.3 is 0 Å². The Kier molecular flexibility index (Phi) is 4.57. The quantitative estimate of drug-likeness (QED) is 0.943. The van der Waals surface area contributed by atoms with Gasteiger partial charge in [-0.15, -0.1) is 22.7 Å². The third-order valence-corrected chi connectivity index (χ3v) is 5.10. The van der Waals surface area contributed by atoms with Crippen molar-refractivity contribution >= 4 is 40.2 Å². The lowest BCUT2D eigenvalue weighted by atomic mass is 10.3. The highest BCUT2D eigenvalue weighted by Gasteiger charge is 2.19. The van der Waals surface area contributed by atoms with E-state index in [-0.39, 0.29) is 12.5 Å². The number of rotatable bonds is 4. The summed E-state index contributed by atoms with van der Waals surface area (Å²) in [6.07, 6.45) is 0. The van der Waals surface area contributed by atoms with Crippen LogP contribution in [0.25, 0.3) is 9.88 Å². The van der Waals surface area contributed by atoms with Crippen LogP contribution in [0.4, 0.5) is 0 Å². The number of halogens is 1. The highest BCUT2D eigenvalue weighted by molar-refractivity contribution is 7.24. The minimum atomic E-state index is -0.113. The Labute approximate surface area is 124 Å². The molecule has 0 saturated carbocycles. The number of aliphatic hydroxyl groups excluding tert-OH is 1. The van der Waals surface area contributed by atoms with Gasteiger partial charge in [-0.3, -0.25) is 4.79 Å². The zero-order valence-corrected chi connectivity index (χ0v) is 12.9. The van der Waals surface area contributed by atoms with Gasteiger partial charge in [0.1, 0.15) is 9.88 Å². The molecule has 0 aliphatic carbocycles. The van der Waals surface area contributed by atoms with Gasteiger partial charge in [-0.25, -0.2) is 4.98 Å². The molecule has 19 heavy (non-hydrogen) atoms. The van der Waals surface area contributed by atoms with Crippen molar-refractivity contribution in [3.05, 3.63) is 27.0 Å². The molecule has 2 aromatic heterocycles. The molecule has 4 nitrogen and oxygen atoms in total. The normalized spacial score (nSPS) is 10.7. The first-order valence-corrected chi connectivity index (χ1v) is 7.63. The molecular formula is C12H13ClN2O2S2. The molecule has 1 amide bonds. The second-order valence-electron chi connectivity index (χ2n) is 3.99. The van der Waals surface area contributed by atoms with Gasteiger partial charge in [0.15, 0.2) is 0 Å². The van der Waals surface area contributed by atoms with Crippen molar-refractivity contribution < 1.29 is 9.90 Å². The van der Waals surface area contributed by atoms with E-state index in [9.17, 15) is 4.79 Å². The zero-order valence-electron chi connectivity index (χ0n) is 10.5. The van der Waals surface area contributed by atoms with E-state index in [0.717, 1.165) is 9.88 Å². The van der Waals surface area contributed by atoms with Crippen LogP contribution in [0.5, 0.6) is 0 Å². The second kappa shape index (κ2) is 6.00. The number of aromatic nitrogens is 1. The molecular weight excluding hydrogens is 304 g/mol. The maximum Gasteiger partial charge on any atom is 0.265 e. The van der Waals surface area contributed by atoms with Gasteiger partial charge < -0.3 is 10.0 Å². The Balaban J connectivity index is 2.29. The smallest absolute Gasteiger partial charge is 0.265 e. The molecule has 0 spiro atoms. The summed E-state index contributed by atoms with van der Waals surface area (Å²) in [5, 5.41) is 9.67. The summed E-state index contributed by atoms with van der Waals surface area (Å²) in [6, 6.07) is 3.72. The summed E-state index contributed by atoms with van der Waals surface area (Å²) >= 11 is 8.70. The molecule has 0 unspecified atom stereocenters. The molecule has 0 aromatic carbocycles. The number of aliphatic hydroxyl groups is 1. The minimum absolute atomic E-state index is 0.0481. The third kappa shape index (κ3) is 3.14. The van der Waals surface area contributed by atoms with E-state index in [0.29, 0.717) is 21.5 Å². The van der Waals surface area contributed by atoms with Gasteiger partial charge in [0.2, 0.25) is 0 Å². The Hall–Kier alpha value is -0.950. The largest absolute Gasteiger partial charge is 0.395 e. The Morgan fingerprint density at radius 1 is 1.47 bits per heavy atom. The summed E-state index contributed by atoms with van der Waals surface area (Å²) in [6.45, 7) is 2.08. The summed E-state index contributed by atoms with van der Waals surface area (Å²) in [5.74, 6) is -0.113. The van der Waals surface area contributed by atoms with Crippen molar-refractivity contribution in [1.82, 2.24) is 9.88 Å². The number of thiazole rings is 1. The van der Waals surface area contributed by atoms with E-state index in [2.05, 4.69) is 4.98 Å². The number of aryl methyl sites for hydroxylation is 1. The predicted molar refractivity (Wildman–Crippen MR) is 79.2 cm³/mol. The molecule has 0 aliphatic heterocycles. The average Bonchev–Trinajstić information content (AvgIpc) is 2.95. The van der Waals surface area contributed by atoms with Crippen LogP contribution in [0.1, 0.15) is 15.4 Å². The maximum atomic E-state index is 12.2. The van der Waals surface area contributed by atoms with Gasteiger partial charge in [-0.1, -0.05) is 11.6 Å². The van der Waals surface area contributed by atoms with Gasteiger partial charge in [-0.2, -0.15) is 0 Å². The lowest BCUT2D eigenvalue weighted by Gasteiger charge is -2.14. The number of amides is 1. The molecule has 0 aliphatic rings. The number of hydrogen-bond donors (Lipinski definition) is 1. The molecule has 0 atom stereocenters. The maximum absolute atomic E-state index is 12.2. The first kappa shape index (κ1) is 14.5. The molecule has 0 bridgehead atoms. The first-order valence-electron chi connectivity index (χ1n) is 5.62. The van der Waals surface area contributed by atoms with Gasteiger partial charge in [0, 0.05) is 13.6 Å². The molecule has 2 heterocycles. The van der Waals surface area contributed by atoms with E-state index in [1.807, 2.05) is 19.1 Å². The van der Waals surface area contributed by atoms with Crippen molar-refractivity contribution in [2.24, 2.45) is 0 Å². The van der Waals surface area contributed by atoms with Crippen molar-refractivity contribution in [2.75, 3.05) is 20.2 Å². The van der Waals surface area contributed by atoms with Crippen LogP contribution in [0.15, 0.2) is 12.1 Å². The number of thiophene rings is 1. The van der Waals surface area contributed by atoms with E-state index < -0.39 is 0 Å². The van der Waals surface area contributed by atoms with Crippen LogP contribution in [-0.2, 0) is 0 Å². The van der Waals surface area contributed by atoms with E-state index in [1.165, 1.54) is 27.6 Å². The van der Waals surface area contributed by atoms with Crippen LogP contribution in [-0.4, -0.2) is 41.1 Å². The molecule has 1 N–H and O–H groups in total. The summed E-state index contributed by atoms with van der Waals surface area (Å²) in [4.78, 5) is 19.6. The number of carbonyl (C=O) groups is 1. The average molecular weight is 317 g/mol. The van der Waals surface area contributed by atoms with Crippen LogP contribution in [0.3, 0.4) is 0 Å². The lowest BCUT2D eigenvalue weighted by molar-refractivity contribution is 0.0771. The number of nitrogens with zero attached hydrogens (tertiary/aromatic N) is 2. The van der Waals surface area contributed by atoms with Crippen molar-refractivity contribution in [3.8, 4) is 9.88 Å². The van der Waals surface area contributed by atoms with Crippen LogP contribution < -0.4 is 0 Å². The van der Waals surface area contributed by atoms with Crippen molar-refractivity contribution in [3.63, 3.8) is 0 Å². The topological polar surface area (TPSA) is 53.4 Å². The lowest BCUT2D eigenvalue weighted by Crippen LogP contribution is -2.29. The van der Waals surface area contributed by atoms with Crippen LogP contribution in [0, 0.1) is 6.92 Å². The molecule has 7 heteroatoms. The van der Waals surface area contributed by atoms with Gasteiger partial charge in [-0.05, 0) is 19.1 Å². The number of carbonyl (C=O) groups excluding carboxylic acids is 1. The summed E-state index contributed by atoms with van der Waals surface area (Å²) in [7, 11) is 1.67. The van der Waals surface area contributed by atoms with Crippen molar-refractivity contribution in [2.45, 2.75) is 6.92 Å². The fraction of sp³-hybridized carbons (Fsp3) is 0.333. The van der Waals surface area contributed by atoms with E-state index in [4.69, 9.17) is 16.7 Å². The molecule has 0 fully saturated rings.